The SMILES string of the molecule is CCC(NC1CCCc2sc(I)cc21)C(C)C. The molecule has 1 nitrogen and oxygen atoms in total. The van der Waals surface area contributed by atoms with Crippen LogP contribution in [0, 0.1) is 8.80 Å². The van der Waals surface area contributed by atoms with Gasteiger partial charge in [-0.1, -0.05) is 20.8 Å². The molecule has 3 heteroatoms. The van der Waals surface area contributed by atoms with Crippen molar-refractivity contribution >= 4 is 33.9 Å². The fraction of sp³-hybridized carbons (Fsp3) is 0.714. The predicted molar refractivity (Wildman–Crippen MR) is 84.8 cm³/mol. The average molecular weight is 363 g/mol. The van der Waals surface area contributed by atoms with Crippen LogP contribution in [0.1, 0.15) is 56.5 Å². The lowest BCUT2D eigenvalue weighted by molar-refractivity contribution is 0.326. The molecule has 0 saturated heterocycles. The molecule has 2 atom stereocenters. The van der Waals surface area contributed by atoms with Crippen LogP contribution in [-0.2, 0) is 6.42 Å². The minimum atomic E-state index is 0.603. The summed E-state index contributed by atoms with van der Waals surface area (Å²) in [6.45, 7) is 6.93. The van der Waals surface area contributed by atoms with Crippen molar-refractivity contribution in [1.82, 2.24) is 5.32 Å². The molecule has 1 heterocycles. The topological polar surface area (TPSA) is 12.0 Å². The third-order valence-electron chi connectivity index (χ3n) is 3.74. The van der Waals surface area contributed by atoms with Crippen molar-refractivity contribution in [2.75, 3.05) is 0 Å². The van der Waals surface area contributed by atoms with Gasteiger partial charge in [-0.3, -0.25) is 0 Å². The van der Waals surface area contributed by atoms with Crippen molar-refractivity contribution in [3.63, 3.8) is 0 Å². The average Bonchev–Trinajstić information content (AvgIpc) is 2.66. The molecular weight excluding hydrogens is 341 g/mol. The second kappa shape index (κ2) is 6.02. The van der Waals surface area contributed by atoms with Crippen LogP contribution in [-0.4, -0.2) is 6.04 Å². The summed E-state index contributed by atoms with van der Waals surface area (Å²) in [7, 11) is 0. The Hall–Kier alpha value is 0.390. The fourth-order valence-corrected chi connectivity index (χ4v) is 4.85. The summed E-state index contributed by atoms with van der Waals surface area (Å²) < 4.78 is 1.44. The maximum atomic E-state index is 3.88. The number of hydrogen-bond donors (Lipinski definition) is 1. The summed E-state index contributed by atoms with van der Waals surface area (Å²) in [5, 5.41) is 3.88. The number of nitrogens with one attached hydrogen (secondary N) is 1. The maximum absolute atomic E-state index is 3.88. The lowest BCUT2D eigenvalue weighted by atomic mass is 9.91. The molecule has 96 valence electrons. The quantitative estimate of drug-likeness (QED) is 0.761. The Kier molecular flexibility index (Phi) is 4.89. The van der Waals surface area contributed by atoms with E-state index in [0.717, 1.165) is 5.92 Å². The van der Waals surface area contributed by atoms with Gasteiger partial charge in [0.25, 0.3) is 0 Å². The molecule has 17 heavy (non-hydrogen) atoms. The van der Waals surface area contributed by atoms with Crippen LogP contribution in [0.15, 0.2) is 6.07 Å². The van der Waals surface area contributed by atoms with Gasteiger partial charge in [0.1, 0.15) is 0 Å². The molecule has 1 aromatic rings. The van der Waals surface area contributed by atoms with Crippen LogP contribution >= 0.6 is 33.9 Å². The number of rotatable bonds is 4. The normalized spacial score (nSPS) is 21.6. The van der Waals surface area contributed by atoms with E-state index in [9.17, 15) is 0 Å². The number of thiophene rings is 1. The van der Waals surface area contributed by atoms with Crippen molar-refractivity contribution in [1.29, 1.82) is 0 Å². The van der Waals surface area contributed by atoms with Crippen molar-refractivity contribution < 1.29 is 0 Å². The van der Waals surface area contributed by atoms with Crippen LogP contribution in [0.2, 0.25) is 0 Å². The first-order valence-electron chi connectivity index (χ1n) is 6.66. The highest BCUT2D eigenvalue weighted by Gasteiger charge is 2.25. The summed E-state index contributed by atoms with van der Waals surface area (Å²) in [5.74, 6) is 0.725. The summed E-state index contributed by atoms with van der Waals surface area (Å²) >= 11 is 4.44. The molecule has 0 fully saturated rings. The molecule has 1 N–H and O–H groups in total. The number of hydrogen-bond acceptors (Lipinski definition) is 2. The molecule has 0 spiro atoms. The Bertz CT molecular complexity index is 372. The smallest absolute Gasteiger partial charge is 0.0659 e. The summed E-state index contributed by atoms with van der Waals surface area (Å²) in [6, 6.07) is 3.65. The first-order valence-corrected chi connectivity index (χ1v) is 8.55. The van der Waals surface area contributed by atoms with Gasteiger partial charge in [-0.25, -0.2) is 0 Å². The van der Waals surface area contributed by atoms with Crippen molar-refractivity contribution in [2.45, 2.75) is 58.5 Å². The van der Waals surface area contributed by atoms with Gasteiger partial charge in [-0.05, 0) is 65.8 Å². The van der Waals surface area contributed by atoms with Crippen LogP contribution in [0.5, 0.6) is 0 Å². The standard InChI is InChI=1S/C14H22INS/c1-4-11(9(2)3)16-12-6-5-7-13-10(12)8-14(15)17-13/h8-9,11-12,16H,4-7H2,1-3H3. The third kappa shape index (κ3) is 3.24. The summed E-state index contributed by atoms with van der Waals surface area (Å²) in [6.07, 6.45) is 5.17. The highest BCUT2D eigenvalue weighted by molar-refractivity contribution is 14.1. The van der Waals surface area contributed by atoms with Gasteiger partial charge >= 0.3 is 0 Å². The molecule has 1 aliphatic rings. The molecule has 0 bridgehead atoms. The number of aryl methyl sites for hydroxylation is 1. The van der Waals surface area contributed by atoms with E-state index >= 15 is 0 Å². The second-order valence-electron chi connectivity index (χ2n) is 5.30. The Morgan fingerprint density at radius 1 is 1.53 bits per heavy atom. The van der Waals surface area contributed by atoms with Gasteiger partial charge in [-0.15, -0.1) is 11.3 Å². The van der Waals surface area contributed by atoms with E-state index in [-0.39, 0.29) is 0 Å². The minimum absolute atomic E-state index is 0.603. The van der Waals surface area contributed by atoms with E-state index in [2.05, 4.69) is 54.7 Å². The Labute approximate surface area is 123 Å². The molecule has 1 aromatic heterocycles. The Balaban J connectivity index is 2.12. The minimum Gasteiger partial charge on any atom is -0.307 e. The van der Waals surface area contributed by atoms with Gasteiger partial charge in [0.2, 0.25) is 0 Å². The zero-order valence-electron chi connectivity index (χ0n) is 10.9. The van der Waals surface area contributed by atoms with Gasteiger partial charge in [0.05, 0.1) is 2.88 Å². The van der Waals surface area contributed by atoms with E-state index in [0.29, 0.717) is 12.1 Å². The highest BCUT2D eigenvalue weighted by Crippen LogP contribution is 2.36. The molecule has 0 radical (unpaired) electrons. The summed E-state index contributed by atoms with van der Waals surface area (Å²) in [4.78, 5) is 1.62. The lowest BCUT2D eigenvalue weighted by Crippen LogP contribution is -2.37. The van der Waals surface area contributed by atoms with Crippen molar-refractivity contribution in [3.05, 3.63) is 19.4 Å². The van der Waals surface area contributed by atoms with Crippen LogP contribution in [0.25, 0.3) is 0 Å². The van der Waals surface area contributed by atoms with E-state index in [4.69, 9.17) is 0 Å². The van der Waals surface area contributed by atoms with Crippen molar-refractivity contribution in [2.24, 2.45) is 5.92 Å². The van der Waals surface area contributed by atoms with E-state index < -0.39 is 0 Å². The number of halogens is 1. The fourth-order valence-electron chi connectivity index (χ4n) is 2.73. The Morgan fingerprint density at radius 2 is 2.29 bits per heavy atom. The molecule has 0 saturated carbocycles. The molecule has 0 amide bonds. The zero-order chi connectivity index (χ0) is 12.4. The molecule has 1 aliphatic carbocycles. The van der Waals surface area contributed by atoms with E-state index in [1.54, 1.807) is 10.4 Å². The first kappa shape index (κ1) is 13.8. The van der Waals surface area contributed by atoms with Crippen molar-refractivity contribution in [3.8, 4) is 0 Å². The van der Waals surface area contributed by atoms with Crippen LogP contribution in [0.3, 0.4) is 0 Å². The van der Waals surface area contributed by atoms with E-state index in [1.165, 1.54) is 28.6 Å². The molecule has 0 aliphatic heterocycles. The monoisotopic (exact) mass is 363 g/mol. The predicted octanol–water partition coefficient (Wildman–Crippen LogP) is 4.75. The van der Waals surface area contributed by atoms with Gasteiger partial charge in [0.15, 0.2) is 0 Å². The molecular formula is C14H22INS. The van der Waals surface area contributed by atoms with Gasteiger partial charge < -0.3 is 5.32 Å². The third-order valence-corrected chi connectivity index (χ3v) is 5.71. The maximum Gasteiger partial charge on any atom is 0.0659 e. The van der Waals surface area contributed by atoms with Gasteiger partial charge in [0, 0.05) is 17.0 Å². The number of fused-ring (bicyclic) bond motifs is 1. The van der Waals surface area contributed by atoms with Gasteiger partial charge in [-0.2, -0.15) is 0 Å². The molecule has 2 unspecified atom stereocenters. The first-order chi connectivity index (χ1) is 8.11. The highest BCUT2D eigenvalue weighted by atomic mass is 127. The van der Waals surface area contributed by atoms with Crippen LogP contribution < -0.4 is 5.32 Å². The summed E-state index contributed by atoms with van der Waals surface area (Å²) in [5.41, 5.74) is 1.59. The molecule has 2 rings (SSSR count). The van der Waals surface area contributed by atoms with E-state index in [1.807, 2.05) is 11.3 Å². The Morgan fingerprint density at radius 3 is 2.94 bits per heavy atom. The lowest BCUT2D eigenvalue weighted by Gasteiger charge is -2.30. The zero-order valence-corrected chi connectivity index (χ0v) is 13.9. The second-order valence-corrected chi connectivity index (χ2v) is 8.33. The van der Waals surface area contributed by atoms with Crippen LogP contribution in [0.4, 0.5) is 0 Å². The molecule has 0 aromatic carbocycles. The largest absolute Gasteiger partial charge is 0.307 e.